The maximum atomic E-state index is 14.9. The molecule has 150 valence electrons. The molecule has 1 amide bonds. The quantitative estimate of drug-likeness (QED) is 0.377. The number of carbonyl (C=O) groups excluding carboxylic acids is 1. The van der Waals surface area contributed by atoms with Crippen LogP contribution in [-0.2, 0) is 16.5 Å². The molecular formula is C17H9F5IN5O. The molecule has 2 aromatic heterocycles. The SMILES string of the molecule is O=C1N(c2c(F)cc(-n3cc(C(F)(F)F)cn3)cc2F)c2ncc(I)n2C12CC2. The molecule has 1 fully saturated rings. The van der Waals surface area contributed by atoms with Gasteiger partial charge in [-0.1, -0.05) is 0 Å². The molecule has 3 aromatic rings. The first-order valence-electron chi connectivity index (χ1n) is 8.33. The maximum absolute atomic E-state index is 14.9. The number of anilines is 2. The lowest BCUT2D eigenvalue weighted by Crippen LogP contribution is -2.31. The molecule has 2 aliphatic rings. The minimum absolute atomic E-state index is 0.112. The monoisotopic (exact) mass is 521 g/mol. The van der Waals surface area contributed by atoms with Gasteiger partial charge in [0, 0.05) is 18.3 Å². The van der Waals surface area contributed by atoms with Crippen LogP contribution >= 0.6 is 22.6 Å². The molecule has 12 heteroatoms. The van der Waals surface area contributed by atoms with Crippen molar-refractivity contribution in [1.82, 2.24) is 19.3 Å². The number of aromatic nitrogens is 4. The van der Waals surface area contributed by atoms with Crippen LogP contribution in [0.1, 0.15) is 18.4 Å². The van der Waals surface area contributed by atoms with Crippen LogP contribution in [0, 0.1) is 15.3 Å². The minimum atomic E-state index is -4.63. The van der Waals surface area contributed by atoms with Crippen LogP contribution in [0.2, 0.25) is 0 Å². The van der Waals surface area contributed by atoms with Crippen molar-refractivity contribution in [3.05, 3.63) is 51.6 Å². The second kappa shape index (κ2) is 5.77. The molecule has 29 heavy (non-hydrogen) atoms. The van der Waals surface area contributed by atoms with Crippen molar-refractivity contribution in [2.75, 3.05) is 4.90 Å². The summed E-state index contributed by atoms with van der Waals surface area (Å²) in [5, 5.41) is 3.51. The molecule has 1 saturated carbocycles. The summed E-state index contributed by atoms with van der Waals surface area (Å²) in [6.45, 7) is 0. The predicted octanol–water partition coefficient (Wildman–Crippen LogP) is 4.14. The summed E-state index contributed by atoms with van der Waals surface area (Å²) in [5.41, 5.74) is -2.79. The highest BCUT2D eigenvalue weighted by Crippen LogP contribution is 2.55. The van der Waals surface area contributed by atoms with E-state index in [4.69, 9.17) is 0 Å². The van der Waals surface area contributed by atoms with Crippen LogP contribution in [-0.4, -0.2) is 25.2 Å². The lowest BCUT2D eigenvalue weighted by atomic mass is 10.2. The van der Waals surface area contributed by atoms with E-state index in [1.807, 2.05) is 22.6 Å². The fourth-order valence-electron chi connectivity index (χ4n) is 3.54. The first-order chi connectivity index (χ1) is 13.6. The topological polar surface area (TPSA) is 56.0 Å². The first-order valence-corrected chi connectivity index (χ1v) is 9.41. The Balaban J connectivity index is 1.60. The number of alkyl halides is 3. The Bertz CT molecular complexity index is 1160. The summed E-state index contributed by atoms with van der Waals surface area (Å²) in [6, 6.07) is 1.66. The van der Waals surface area contributed by atoms with Gasteiger partial charge in [-0.2, -0.15) is 18.3 Å². The Morgan fingerprint density at radius 2 is 1.76 bits per heavy atom. The molecule has 0 radical (unpaired) electrons. The largest absolute Gasteiger partial charge is 0.419 e. The zero-order chi connectivity index (χ0) is 20.7. The Labute approximate surface area is 173 Å². The van der Waals surface area contributed by atoms with Gasteiger partial charge in [0.05, 0.1) is 23.6 Å². The number of fused-ring (bicyclic) bond motifs is 2. The molecule has 3 heterocycles. The van der Waals surface area contributed by atoms with E-state index < -0.39 is 40.5 Å². The Morgan fingerprint density at radius 3 is 2.31 bits per heavy atom. The fraction of sp³-hybridized carbons (Fsp3) is 0.235. The number of halogens is 6. The van der Waals surface area contributed by atoms with E-state index in [-0.39, 0.29) is 11.6 Å². The summed E-state index contributed by atoms with van der Waals surface area (Å²) < 4.78 is 71.1. The van der Waals surface area contributed by atoms with Gasteiger partial charge in [0.15, 0.2) is 11.6 Å². The van der Waals surface area contributed by atoms with Gasteiger partial charge in [0.25, 0.3) is 5.91 Å². The van der Waals surface area contributed by atoms with Gasteiger partial charge in [0.2, 0.25) is 5.95 Å². The van der Waals surface area contributed by atoms with Crippen molar-refractivity contribution in [2.24, 2.45) is 0 Å². The Morgan fingerprint density at radius 1 is 1.10 bits per heavy atom. The molecule has 1 spiro atoms. The average molecular weight is 521 g/mol. The van der Waals surface area contributed by atoms with Crippen molar-refractivity contribution in [1.29, 1.82) is 0 Å². The van der Waals surface area contributed by atoms with Gasteiger partial charge in [-0.15, -0.1) is 0 Å². The molecule has 0 bridgehead atoms. The number of imidazole rings is 1. The summed E-state index contributed by atoms with van der Waals surface area (Å²) in [4.78, 5) is 17.9. The molecular weight excluding hydrogens is 512 g/mol. The van der Waals surface area contributed by atoms with Crippen LogP contribution in [0.15, 0.2) is 30.7 Å². The second-order valence-corrected chi connectivity index (χ2v) is 7.92. The van der Waals surface area contributed by atoms with Crippen molar-refractivity contribution >= 4 is 40.1 Å². The van der Waals surface area contributed by atoms with Crippen LogP contribution < -0.4 is 4.90 Å². The van der Waals surface area contributed by atoms with Crippen molar-refractivity contribution in [3.8, 4) is 5.69 Å². The number of nitrogens with zero attached hydrogens (tertiary/aromatic N) is 5. The average Bonchev–Trinajstić information content (AvgIpc) is 3.00. The van der Waals surface area contributed by atoms with E-state index >= 15 is 0 Å². The lowest BCUT2D eigenvalue weighted by Gasteiger charge is -2.17. The Hall–Kier alpha value is -2.51. The predicted molar refractivity (Wildman–Crippen MR) is 97.8 cm³/mol. The van der Waals surface area contributed by atoms with Crippen LogP contribution in [0.4, 0.5) is 33.6 Å². The number of rotatable bonds is 2. The van der Waals surface area contributed by atoms with Crippen LogP contribution in [0.5, 0.6) is 0 Å². The third-order valence-corrected chi connectivity index (χ3v) is 5.81. The van der Waals surface area contributed by atoms with Crippen molar-refractivity contribution < 1.29 is 26.7 Å². The number of amides is 1. The highest BCUT2D eigenvalue weighted by atomic mass is 127. The van der Waals surface area contributed by atoms with Gasteiger partial charge in [-0.3, -0.25) is 9.36 Å². The highest BCUT2D eigenvalue weighted by Gasteiger charge is 2.61. The minimum Gasteiger partial charge on any atom is -0.289 e. The molecule has 1 aromatic carbocycles. The number of benzene rings is 1. The highest BCUT2D eigenvalue weighted by molar-refractivity contribution is 14.1. The Kier molecular flexibility index (Phi) is 3.68. The van der Waals surface area contributed by atoms with Gasteiger partial charge in [-0.25, -0.2) is 23.3 Å². The second-order valence-electron chi connectivity index (χ2n) is 6.82. The number of carbonyl (C=O) groups is 1. The first kappa shape index (κ1) is 18.5. The zero-order valence-electron chi connectivity index (χ0n) is 14.2. The van der Waals surface area contributed by atoms with E-state index in [1.54, 1.807) is 4.57 Å². The normalized spacial score (nSPS) is 17.3. The molecule has 6 nitrogen and oxygen atoms in total. The third-order valence-electron chi connectivity index (χ3n) is 5.05. The molecule has 0 N–H and O–H groups in total. The summed E-state index contributed by atoms with van der Waals surface area (Å²) >= 11 is 2.00. The van der Waals surface area contributed by atoms with E-state index in [9.17, 15) is 26.7 Å². The van der Waals surface area contributed by atoms with Crippen molar-refractivity contribution in [2.45, 2.75) is 24.6 Å². The van der Waals surface area contributed by atoms with Gasteiger partial charge in [-0.05, 0) is 35.4 Å². The number of hydrogen-bond donors (Lipinski definition) is 0. The zero-order valence-corrected chi connectivity index (χ0v) is 16.4. The van der Waals surface area contributed by atoms with E-state index in [0.717, 1.165) is 21.7 Å². The van der Waals surface area contributed by atoms with Gasteiger partial charge < -0.3 is 0 Å². The molecule has 1 aliphatic heterocycles. The van der Waals surface area contributed by atoms with E-state index in [2.05, 4.69) is 10.1 Å². The van der Waals surface area contributed by atoms with Crippen molar-refractivity contribution in [3.63, 3.8) is 0 Å². The molecule has 0 saturated heterocycles. The molecule has 0 unspecified atom stereocenters. The van der Waals surface area contributed by atoms with E-state index in [1.165, 1.54) is 6.20 Å². The third kappa shape index (κ3) is 2.53. The lowest BCUT2D eigenvalue weighted by molar-refractivity contribution is -0.137. The summed E-state index contributed by atoms with van der Waals surface area (Å²) in [7, 11) is 0. The van der Waals surface area contributed by atoms with Crippen LogP contribution in [0.25, 0.3) is 5.69 Å². The van der Waals surface area contributed by atoms with Crippen LogP contribution in [0.3, 0.4) is 0 Å². The van der Waals surface area contributed by atoms with E-state index in [0.29, 0.717) is 28.9 Å². The smallest absolute Gasteiger partial charge is 0.289 e. The fourth-order valence-corrected chi connectivity index (χ4v) is 4.35. The number of hydrogen-bond acceptors (Lipinski definition) is 3. The summed E-state index contributed by atoms with van der Waals surface area (Å²) in [5.74, 6) is -2.59. The maximum Gasteiger partial charge on any atom is 0.419 e. The molecule has 0 atom stereocenters. The standard InChI is InChI=1S/C17H9F5IN5O/c18-10-3-9(26-7-8(5-25-26)17(20,21)22)4-11(19)13(10)27-14(29)16(1-2-16)28-12(23)6-24-15(27)28/h3-7H,1-2H2. The molecule has 5 rings (SSSR count). The summed E-state index contributed by atoms with van der Waals surface area (Å²) in [6.07, 6.45) is -0.869. The van der Waals surface area contributed by atoms with Gasteiger partial charge >= 0.3 is 6.18 Å². The molecule has 1 aliphatic carbocycles. The van der Waals surface area contributed by atoms with Gasteiger partial charge in [0.1, 0.15) is 14.9 Å².